The normalized spacial score (nSPS) is 13.0. The van der Waals surface area contributed by atoms with Crippen molar-refractivity contribution in [1.29, 1.82) is 0 Å². The van der Waals surface area contributed by atoms with Gasteiger partial charge >= 0.3 is 0 Å². The average molecular weight is 382 g/mol. The lowest BCUT2D eigenvalue weighted by Crippen LogP contribution is -2.57. The molecule has 9 heteroatoms. The zero-order valence-corrected chi connectivity index (χ0v) is 15.6. The molecule has 0 saturated carbocycles. The molecule has 1 rings (SSSR count). The first-order valence-electron chi connectivity index (χ1n) is 7.50. The van der Waals surface area contributed by atoms with E-state index >= 15 is 0 Å². The maximum atomic E-state index is 13.6. The predicted molar refractivity (Wildman–Crippen MR) is 93.9 cm³/mol. The summed E-state index contributed by atoms with van der Waals surface area (Å²) in [6.07, 6.45) is 1.25. The van der Waals surface area contributed by atoms with Crippen LogP contribution in [0, 0.1) is 5.82 Å². The van der Waals surface area contributed by atoms with Gasteiger partial charge in [-0.1, -0.05) is 26.0 Å². The number of hydrogen-bond donors (Lipinski definition) is 3. The van der Waals surface area contributed by atoms with Crippen molar-refractivity contribution in [3.63, 3.8) is 0 Å². The van der Waals surface area contributed by atoms with Gasteiger partial charge in [0.1, 0.15) is 10.7 Å². The van der Waals surface area contributed by atoms with Crippen molar-refractivity contribution in [2.24, 2.45) is 5.73 Å². The van der Waals surface area contributed by atoms with Crippen LogP contribution in [0.4, 0.5) is 4.39 Å². The largest absolute Gasteiger partial charge is 0.348 e. The minimum absolute atomic E-state index is 0. The van der Waals surface area contributed by atoms with E-state index in [1.165, 1.54) is 19.1 Å². The maximum Gasteiger partial charge on any atom is 0.244 e. The molecule has 0 aromatic heterocycles. The van der Waals surface area contributed by atoms with Crippen LogP contribution < -0.4 is 15.8 Å². The van der Waals surface area contributed by atoms with Crippen LogP contribution in [0.15, 0.2) is 29.2 Å². The topological polar surface area (TPSA) is 101 Å². The third-order valence-electron chi connectivity index (χ3n) is 3.98. The van der Waals surface area contributed by atoms with Gasteiger partial charge in [0.2, 0.25) is 15.9 Å². The minimum Gasteiger partial charge on any atom is -0.348 e. The first kappa shape index (κ1) is 22.8. The number of hydrogen-bond acceptors (Lipinski definition) is 4. The number of sulfonamides is 1. The number of carbonyl (C=O) groups excluding carboxylic acids is 1. The summed E-state index contributed by atoms with van der Waals surface area (Å²) in [6.45, 7) is 5.44. The SMILES string of the molecule is CCC(CC)(CN)NC(=O)C(C)NS(=O)(=O)c1ccccc1F.Cl. The molecule has 1 aromatic rings. The number of benzene rings is 1. The zero-order valence-electron chi connectivity index (χ0n) is 14.0. The molecule has 4 N–H and O–H groups in total. The molecule has 1 aromatic carbocycles. The van der Waals surface area contributed by atoms with Crippen LogP contribution in [0.25, 0.3) is 0 Å². The standard InChI is InChI=1S/C15H24FN3O3S.ClH/c1-4-15(5-2,10-17)18-14(20)11(3)19-23(21,22)13-9-7-6-8-12(13)16;/h6-9,11,19H,4-5,10,17H2,1-3H3,(H,18,20);1H. The van der Waals surface area contributed by atoms with Crippen LogP contribution in [0.2, 0.25) is 0 Å². The van der Waals surface area contributed by atoms with Crippen molar-refractivity contribution < 1.29 is 17.6 Å². The van der Waals surface area contributed by atoms with Crippen LogP contribution in [0.1, 0.15) is 33.6 Å². The van der Waals surface area contributed by atoms with Gasteiger partial charge in [0.05, 0.1) is 11.6 Å². The van der Waals surface area contributed by atoms with Crippen LogP contribution >= 0.6 is 12.4 Å². The fourth-order valence-electron chi connectivity index (χ4n) is 2.15. The van der Waals surface area contributed by atoms with Gasteiger partial charge in [0.25, 0.3) is 0 Å². The molecule has 0 aliphatic heterocycles. The quantitative estimate of drug-likeness (QED) is 0.635. The van der Waals surface area contributed by atoms with Gasteiger partial charge in [-0.15, -0.1) is 12.4 Å². The summed E-state index contributed by atoms with van der Waals surface area (Å²) in [5.41, 5.74) is 5.14. The monoisotopic (exact) mass is 381 g/mol. The van der Waals surface area contributed by atoms with Crippen LogP contribution in [0.3, 0.4) is 0 Å². The molecule has 1 atom stereocenters. The molecular formula is C15H25ClFN3O3S. The molecule has 0 heterocycles. The predicted octanol–water partition coefficient (Wildman–Crippen LogP) is 1.55. The third kappa shape index (κ3) is 5.41. The first-order chi connectivity index (χ1) is 10.7. The summed E-state index contributed by atoms with van der Waals surface area (Å²) >= 11 is 0. The number of nitrogens with two attached hydrogens (primary N) is 1. The van der Waals surface area contributed by atoms with Gasteiger partial charge < -0.3 is 11.1 Å². The molecule has 0 bridgehead atoms. The highest BCUT2D eigenvalue weighted by Crippen LogP contribution is 2.15. The molecule has 0 spiro atoms. The molecule has 0 radical (unpaired) electrons. The second-order valence-corrected chi connectivity index (χ2v) is 7.14. The summed E-state index contributed by atoms with van der Waals surface area (Å²) in [5, 5.41) is 2.78. The Kier molecular flexibility index (Phi) is 8.84. The van der Waals surface area contributed by atoms with E-state index in [9.17, 15) is 17.6 Å². The molecule has 0 aliphatic carbocycles. The molecular weight excluding hydrogens is 357 g/mol. The highest BCUT2D eigenvalue weighted by Gasteiger charge is 2.30. The summed E-state index contributed by atoms with van der Waals surface area (Å²) < 4.78 is 40.2. The number of nitrogens with one attached hydrogen (secondary N) is 2. The van der Waals surface area contributed by atoms with E-state index < -0.39 is 38.2 Å². The summed E-state index contributed by atoms with van der Waals surface area (Å²) in [5.74, 6) is -1.37. The third-order valence-corrected chi connectivity index (χ3v) is 5.56. The fourth-order valence-corrected chi connectivity index (χ4v) is 3.43. The van der Waals surface area contributed by atoms with E-state index in [2.05, 4.69) is 10.0 Å². The van der Waals surface area contributed by atoms with Gasteiger partial charge in [-0.2, -0.15) is 4.72 Å². The number of carbonyl (C=O) groups is 1. The molecule has 0 saturated heterocycles. The highest BCUT2D eigenvalue weighted by atomic mass is 35.5. The molecule has 138 valence electrons. The molecule has 1 amide bonds. The Balaban J connectivity index is 0.00000529. The molecule has 6 nitrogen and oxygen atoms in total. The number of rotatable bonds is 8. The van der Waals surface area contributed by atoms with Crippen molar-refractivity contribution in [2.45, 2.75) is 50.1 Å². The van der Waals surface area contributed by atoms with Crippen LogP contribution in [-0.2, 0) is 14.8 Å². The lowest BCUT2D eigenvalue weighted by atomic mass is 9.92. The number of halogens is 2. The summed E-state index contributed by atoms with van der Waals surface area (Å²) in [7, 11) is -4.13. The minimum atomic E-state index is -4.13. The maximum absolute atomic E-state index is 13.6. The van der Waals surface area contributed by atoms with Crippen molar-refractivity contribution in [2.75, 3.05) is 6.54 Å². The summed E-state index contributed by atoms with van der Waals surface area (Å²) in [4.78, 5) is 11.8. The smallest absolute Gasteiger partial charge is 0.244 e. The van der Waals surface area contributed by atoms with E-state index in [4.69, 9.17) is 5.73 Å². The summed E-state index contributed by atoms with van der Waals surface area (Å²) in [6, 6.07) is 3.94. The van der Waals surface area contributed by atoms with Gasteiger partial charge in [-0.05, 0) is 31.9 Å². The molecule has 24 heavy (non-hydrogen) atoms. The van der Waals surface area contributed by atoms with E-state index in [0.717, 1.165) is 12.1 Å². The molecule has 0 fully saturated rings. The highest BCUT2D eigenvalue weighted by molar-refractivity contribution is 7.89. The van der Waals surface area contributed by atoms with Crippen LogP contribution in [0.5, 0.6) is 0 Å². The van der Waals surface area contributed by atoms with Crippen LogP contribution in [-0.4, -0.2) is 32.5 Å². The van der Waals surface area contributed by atoms with Gasteiger partial charge in [-0.3, -0.25) is 4.79 Å². The Morgan fingerprint density at radius 3 is 2.29 bits per heavy atom. The molecule has 1 unspecified atom stereocenters. The fraction of sp³-hybridized carbons (Fsp3) is 0.533. The lowest BCUT2D eigenvalue weighted by Gasteiger charge is -2.32. The Morgan fingerprint density at radius 2 is 1.83 bits per heavy atom. The Hall–Kier alpha value is -1.22. The van der Waals surface area contributed by atoms with Gasteiger partial charge in [0, 0.05) is 6.54 Å². The second-order valence-electron chi connectivity index (χ2n) is 5.45. The van der Waals surface area contributed by atoms with E-state index in [-0.39, 0.29) is 19.0 Å². The van der Waals surface area contributed by atoms with E-state index in [1.54, 1.807) is 0 Å². The van der Waals surface area contributed by atoms with Crippen molar-refractivity contribution in [3.8, 4) is 0 Å². The van der Waals surface area contributed by atoms with E-state index in [0.29, 0.717) is 12.8 Å². The number of amides is 1. The van der Waals surface area contributed by atoms with E-state index in [1.807, 2.05) is 13.8 Å². The van der Waals surface area contributed by atoms with Gasteiger partial charge in [-0.25, -0.2) is 12.8 Å². The molecule has 0 aliphatic rings. The van der Waals surface area contributed by atoms with Gasteiger partial charge in [0.15, 0.2) is 0 Å². The Labute approximate surface area is 148 Å². The van der Waals surface area contributed by atoms with Crippen molar-refractivity contribution >= 4 is 28.3 Å². The van der Waals surface area contributed by atoms with Crippen molar-refractivity contribution in [1.82, 2.24) is 10.0 Å². The zero-order chi connectivity index (χ0) is 17.7. The Bertz CT molecular complexity index is 643. The first-order valence-corrected chi connectivity index (χ1v) is 8.98. The Morgan fingerprint density at radius 1 is 1.29 bits per heavy atom. The lowest BCUT2D eigenvalue weighted by molar-refractivity contribution is -0.124. The second kappa shape index (κ2) is 9.31. The van der Waals surface area contributed by atoms with Crippen molar-refractivity contribution in [3.05, 3.63) is 30.1 Å². The average Bonchev–Trinajstić information content (AvgIpc) is 2.52.